The molecule has 3 N–H and O–H groups in total. The summed E-state index contributed by atoms with van der Waals surface area (Å²) in [6.07, 6.45) is 7.72. The molecule has 1 aromatic carbocycles. The molecule has 1 aromatic rings. The summed E-state index contributed by atoms with van der Waals surface area (Å²) in [6.45, 7) is 6.61. The maximum Gasteiger partial charge on any atom is 0.343 e. The van der Waals surface area contributed by atoms with Gasteiger partial charge in [0.15, 0.2) is 11.5 Å². The zero-order valence-electron chi connectivity index (χ0n) is 15.7. The third-order valence-corrected chi connectivity index (χ3v) is 4.38. The molecular weight excluding hydrogens is 320 g/mol. The number of phenols is 2. The molecule has 25 heavy (non-hydrogen) atoms. The highest BCUT2D eigenvalue weighted by Gasteiger charge is 2.28. The lowest BCUT2D eigenvalue weighted by Gasteiger charge is -2.20. The van der Waals surface area contributed by atoms with Gasteiger partial charge in [-0.05, 0) is 32.1 Å². The molecule has 0 fully saturated rings. The van der Waals surface area contributed by atoms with Crippen LogP contribution < -0.4 is 4.74 Å². The van der Waals surface area contributed by atoms with E-state index in [4.69, 9.17) is 4.74 Å². The number of carboxylic acid groups (broad SMARTS) is 1. The van der Waals surface area contributed by atoms with Gasteiger partial charge in [-0.25, -0.2) is 4.79 Å². The van der Waals surface area contributed by atoms with Gasteiger partial charge in [-0.2, -0.15) is 0 Å². The van der Waals surface area contributed by atoms with Crippen molar-refractivity contribution in [3.63, 3.8) is 0 Å². The Morgan fingerprint density at radius 2 is 1.40 bits per heavy atom. The van der Waals surface area contributed by atoms with Gasteiger partial charge in [-0.1, -0.05) is 46.5 Å². The zero-order chi connectivity index (χ0) is 18.8. The number of rotatable bonds is 12. The molecule has 1 rings (SSSR count). The summed E-state index contributed by atoms with van der Waals surface area (Å²) in [5.41, 5.74) is 1.04. The highest BCUT2D eigenvalue weighted by atomic mass is 16.5. The molecule has 0 atom stereocenters. The standard InChI is InChI=1S/C20H32O5/c1-4-7-10-13-25-19-15(12-9-6-3)14(11-8-5-2)17(21)18(22)16(19)20(23)24/h21-22H,4-13H2,1-3H3,(H,23,24). The Kier molecular flexibility index (Phi) is 9.17. The minimum absolute atomic E-state index is 0.235. The predicted octanol–water partition coefficient (Wildman–Crippen LogP) is 5.05. The summed E-state index contributed by atoms with van der Waals surface area (Å²) < 4.78 is 5.83. The molecule has 0 aliphatic rings. The van der Waals surface area contributed by atoms with E-state index < -0.39 is 11.7 Å². The minimum atomic E-state index is -1.28. The minimum Gasteiger partial charge on any atom is -0.504 e. The third-order valence-electron chi connectivity index (χ3n) is 4.38. The van der Waals surface area contributed by atoms with Crippen molar-refractivity contribution in [2.24, 2.45) is 0 Å². The number of ether oxygens (including phenoxy) is 1. The van der Waals surface area contributed by atoms with E-state index in [1.165, 1.54) is 0 Å². The zero-order valence-corrected chi connectivity index (χ0v) is 15.7. The molecule has 0 aliphatic carbocycles. The van der Waals surface area contributed by atoms with E-state index in [9.17, 15) is 20.1 Å². The molecule has 0 bridgehead atoms. The van der Waals surface area contributed by atoms with Crippen molar-refractivity contribution in [1.82, 2.24) is 0 Å². The Balaban J connectivity index is 3.41. The smallest absolute Gasteiger partial charge is 0.343 e. The van der Waals surface area contributed by atoms with Crippen LogP contribution in [-0.4, -0.2) is 27.9 Å². The molecule has 0 saturated heterocycles. The molecular formula is C20H32O5. The van der Waals surface area contributed by atoms with Crippen LogP contribution in [0.2, 0.25) is 0 Å². The van der Waals surface area contributed by atoms with E-state index in [2.05, 4.69) is 20.8 Å². The molecule has 0 aromatic heterocycles. The monoisotopic (exact) mass is 352 g/mol. The Labute approximate surface area is 150 Å². The van der Waals surface area contributed by atoms with Gasteiger partial charge >= 0.3 is 5.97 Å². The van der Waals surface area contributed by atoms with Crippen molar-refractivity contribution in [2.45, 2.75) is 78.6 Å². The van der Waals surface area contributed by atoms with Crippen molar-refractivity contribution in [1.29, 1.82) is 0 Å². The fourth-order valence-electron chi connectivity index (χ4n) is 2.92. The largest absolute Gasteiger partial charge is 0.504 e. The number of hydrogen-bond acceptors (Lipinski definition) is 4. The maximum absolute atomic E-state index is 11.7. The van der Waals surface area contributed by atoms with Crippen LogP contribution in [-0.2, 0) is 12.8 Å². The molecule has 0 heterocycles. The molecule has 0 radical (unpaired) electrons. The van der Waals surface area contributed by atoms with Gasteiger partial charge < -0.3 is 20.1 Å². The lowest BCUT2D eigenvalue weighted by molar-refractivity contribution is 0.0687. The van der Waals surface area contributed by atoms with Gasteiger partial charge in [-0.15, -0.1) is 0 Å². The predicted molar refractivity (Wildman–Crippen MR) is 99.0 cm³/mol. The number of hydrogen-bond donors (Lipinski definition) is 3. The summed E-state index contributed by atoms with van der Waals surface area (Å²) in [5.74, 6) is -1.93. The SMILES string of the molecule is CCCCCOc1c(CCCC)c(CCCC)c(O)c(O)c1C(=O)O. The van der Waals surface area contributed by atoms with Gasteiger partial charge in [0.05, 0.1) is 6.61 Å². The van der Waals surface area contributed by atoms with Crippen LogP contribution in [0.4, 0.5) is 0 Å². The number of unbranched alkanes of at least 4 members (excludes halogenated alkanes) is 4. The molecule has 0 aliphatic heterocycles. The van der Waals surface area contributed by atoms with Crippen LogP contribution in [0, 0.1) is 0 Å². The van der Waals surface area contributed by atoms with Crippen LogP contribution in [0.25, 0.3) is 0 Å². The fourth-order valence-corrected chi connectivity index (χ4v) is 2.92. The lowest BCUT2D eigenvalue weighted by Crippen LogP contribution is -2.11. The molecule has 142 valence electrons. The second-order valence-corrected chi connectivity index (χ2v) is 6.43. The number of aromatic hydroxyl groups is 2. The number of carbonyl (C=O) groups is 1. The summed E-state index contributed by atoms with van der Waals surface area (Å²) in [5, 5.41) is 30.2. The number of aromatic carboxylic acids is 1. The molecule has 0 amide bonds. The number of benzene rings is 1. The van der Waals surface area contributed by atoms with Crippen molar-refractivity contribution in [3.05, 3.63) is 16.7 Å². The second kappa shape index (κ2) is 10.9. The van der Waals surface area contributed by atoms with Crippen molar-refractivity contribution in [3.8, 4) is 17.2 Å². The second-order valence-electron chi connectivity index (χ2n) is 6.43. The van der Waals surface area contributed by atoms with Gasteiger partial charge in [0.25, 0.3) is 0 Å². The highest BCUT2D eigenvalue weighted by molar-refractivity contribution is 5.96. The fraction of sp³-hybridized carbons (Fsp3) is 0.650. The summed E-state index contributed by atoms with van der Waals surface area (Å²) in [7, 11) is 0. The average molecular weight is 352 g/mol. The first-order chi connectivity index (χ1) is 12.0. The quantitative estimate of drug-likeness (QED) is 0.362. The van der Waals surface area contributed by atoms with Gasteiger partial charge in [0, 0.05) is 11.1 Å². The first-order valence-corrected chi connectivity index (χ1v) is 9.45. The van der Waals surface area contributed by atoms with Crippen molar-refractivity contribution < 1.29 is 24.9 Å². The summed E-state index contributed by atoms with van der Waals surface area (Å²) >= 11 is 0. The topological polar surface area (TPSA) is 87.0 Å². The van der Waals surface area contributed by atoms with Gasteiger partial charge in [0.1, 0.15) is 11.3 Å². The molecule has 0 saturated carbocycles. The van der Waals surface area contributed by atoms with Crippen LogP contribution >= 0.6 is 0 Å². The molecule has 0 unspecified atom stereocenters. The summed E-state index contributed by atoms with van der Waals surface area (Å²) in [4.78, 5) is 11.7. The number of phenolic OH excluding ortho intramolecular Hbond substituents is 1. The highest BCUT2D eigenvalue weighted by Crippen LogP contribution is 2.44. The Bertz CT molecular complexity index is 566. The first kappa shape index (κ1) is 21.1. The average Bonchev–Trinajstić information content (AvgIpc) is 2.58. The van der Waals surface area contributed by atoms with E-state index >= 15 is 0 Å². The van der Waals surface area contributed by atoms with Crippen molar-refractivity contribution in [2.75, 3.05) is 6.61 Å². The third kappa shape index (κ3) is 5.55. The van der Waals surface area contributed by atoms with Crippen LogP contribution in [0.15, 0.2) is 0 Å². The maximum atomic E-state index is 11.7. The van der Waals surface area contributed by atoms with E-state index in [0.717, 1.165) is 50.5 Å². The summed E-state index contributed by atoms with van der Waals surface area (Å²) in [6, 6.07) is 0. The van der Waals surface area contributed by atoms with Crippen molar-refractivity contribution >= 4 is 5.97 Å². The Hall–Kier alpha value is -1.91. The Morgan fingerprint density at radius 3 is 1.92 bits per heavy atom. The lowest BCUT2D eigenvalue weighted by atomic mass is 9.92. The van der Waals surface area contributed by atoms with Crippen LogP contribution in [0.3, 0.4) is 0 Å². The first-order valence-electron chi connectivity index (χ1n) is 9.45. The normalized spacial score (nSPS) is 10.8. The van der Waals surface area contributed by atoms with E-state index in [1.54, 1.807) is 0 Å². The van der Waals surface area contributed by atoms with E-state index in [0.29, 0.717) is 25.0 Å². The molecule has 5 heteroatoms. The van der Waals surface area contributed by atoms with E-state index in [-0.39, 0.29) is 17.1 Å². The van der Waals surface area contributed by atoms with Gasteiger partial charge in [-0.3, -0.25) is 0 Å². The van der Waals surface area contributed by atoms with E-state index in [1.807, 2.05) is 0 Å². The molecule has 5 nitrogen and oxygen atoms in total. The Morgan fingerprint density at radius 1 is 0.840 bits per heavy atom. The van der Waals surface area contributed by atoms with Crippen LogP contribution in [0.5, 0.6) is 17.2 Å². The van der Waals surface area contributed by atoms with Crippen LogP contribution in [0.1, 0.15) is 87.2 Å². The number of carboxylic acids is 1. The molecule has 0 spiro atoms. The van der Waals surface area contributed by atoms with Gasteiger partial charge in [0.2, 0.25) is 0 Å².